The van der Waals surface area contributed by atoms with E-state index >= 15 is 0 Å². The first-order valence-electron chi connectivity index (χ1n) is 7.75. The van der Waals surface area contributed by atoms with Gasteiger partial charge in [0.05, 0.1) is 23.7 Å². The Labute approximate surface area is 146 Å². The van der Waals surface area contributed by atoms with Crippen LogP contribution in [0.5, 0.6) is 0 Å². The molecule has 1 aromatic carbocycles. The van der Waals surface area contributed by atoms with Gasteiger partial charge in [-0.25, -0.2) is 4.68 Å². The van der Waals surface area contributed by atoms with Crippen molar-refractivity contribution in [2.75, 3.05) is 13.1 Å². The number of carboxylic acids is 1. The lowest BCUT2D eigenvalue weighted by Gasteiger charge is -2.17. The van der Waals surface area contributed by atoms with Crippen molar-refractivity contribution in [3.63, 3.8) is 0 Å². The van der Waals surface area contributed by atoms with Crippen LogP contribution in [-0.4, -0.2) is 56.1 Å². The van der Waals surface area contributed by atoms with Crippen molar-refractivity contribution < 1.29 is 27.9 Å². The summed E-state index contributed by atoms with van der Waals surface area (Å²) in [6, 6.07) is 7.19. The zero-order valence-electron chi connectivity index (χ0n) is 13.6. The molecule has 1 saturated heterocycles. The fraction of sp³-hybridized carbons (Fsp3) is 0.375. The number of carbonyl (C=O) groups excluding carboxylic acids is 1. The number of rotatable bonds is 3. The SMILES string of the molecule is Cc1ccc(-n2cc(C(=O)N3C[C@@H](C(F)(F)F)[C@H](C(=O)O)C3)nn2)cc1. The van der Waals surface area contributed by atoms with Gasteiger partial charge in [0.25, 0.3) is 5.91 Å². The number of carboxylic acid groups (broad SMARTS) is 1. The highest BCUT2D eigenvalue weighted by molar-refractivity contribution is 5.92. The third kappa shape index (κ3) is 3.39. The molecular formula is C16H15F3N4O3. The second-order valence-corrected chi connectivity index (χ2v) is 6.19. The third-order valence-corrected chi connectivity index (χ3v) is 4.36. The minimum Gasteiger partial charge on any atom is -0.481 e. The molecule has 0 unspecified atom stereocenters. The molecule has 0 bridgehead atoms. The number of amides is 1. The van der Waals surface area contributed by atoms with E-state index in [9.17, 15) is 22.8 Å². The molecule has 1 fully saturated rings. The van der Waals surface area contributed by atoms with Crippen LogP contribution >= 0.6 is 0 Å². The predicted octanol–water partition coefficient (Wildman–Crippen LogP) is 1.91. The van der Waals surface area contributed by atoms with E-state index in [4.69, 9.17) is 5.11 Å². The molecule has 0 saturated carbocycles. The lowest BCUT2D eigenvalue weighted by Crippen LogP contribution is -2.34. The summed E-state index contributed by atoms with van der Waals surface area (Å²) in [4.78, 5) is 24.4. The van der Waals surface area contributed by atoms with Crippen LogP contribution in [0.3, 0.4) is 0 Å². The second kappa shape index (κ2) is 6.43. The zero-order valence-corrected chi connectivity index (χ0v) is 13.6. The van der Waals surface area contributed by atoms with Gasteiger partial charge < -0.3 is 10.0 Å². The van der Waals surface area contributed by atoms with E-state index in [-0.39, 0.29) is 5.69 Å². The smallest absolute Gasteiger partial charge is 0.394 e. The Bertz CT molecular complexity index is 832. The van der Waals surface area contributed by atoms with Gasteiger partial charge in [0.15, 0.2) is 5.69 Å². The van der Waals surface area contributed by atoms with Gasteiger partial charge in [-0.05, 0) is 19.1 Å². The van der Waals surface area contributed by atoms with Crippen LogP contribution in [0.2, 0.25) is 0 Å². The molecule has 7 nitrogen and oxygen atoms in total. The largest absolute Gasteiger partial charge is 0.481 e. The molecule has 10 heteroatoms. The first-order chi connectivity index (χ1) is 12.2. The van der Waals surface area contributed by atoms with E-state index in [1.807, 2.05) is 19.1 Å². The first kappa shape index (κ1) is 17.9. The summed E-state index contributed by atoms with van der Waals surface area (Å²) < 4.78 is 40.4. The van der Waals surface area contributed by atoms with Crippen molar-refractivity contribution >= 4 is 11.9 Å². The van der Waals surface area contributed by atoms with Gasteiger partial charge in [0.1, 0.15) is 0 Å². The highest BCUT2D eigenvalue weighted by Gasteiger charge is 2.53. The lowest BCUT2D eigenvalue weighted by atomic mass is 9.96. The van der Waals surface area contributed by atoms with Crippen molar-refractivity contribution in [2.24, 2.45) is 11.8 Å². The van der Waals surface area contributed by atoms with Crippen LogP contribution in [0.25, 0.3) is 5.69 Å². The van der Waals surface area contributed by atoms with Crippen molar-refractivity contribution in [1.29, 1.82) is 0 Å². The number of hydrogen-bond acceptors (Lipinski definition) is 4. The molecule has 1 N–H and O–H groups in total. The first-order valence-corrected chi connectivity index (χ1v) is 7.75. The average Bonchev–Trinajstić information content (AvgIpc) is 3.22. The normalized spacial score (nSPS) is 20.4. The Morgan fingerprint density at radius 3 is 2.38 bits per heavy atom. The maximum atomic E-state index is 13.0. The van der Waals surface area contributed by atoms with Crippen LogP contribution in [0.15, 0.2) is 30.5 Å². The maximum absolute atomic E-state index is 13.0. The summed E-state index contributed by atoms with van der Waals surface area (Å²) in [5.74, 6) is -6.14. The molecule has 3 rings (SSSR count). The van der Waals surface area contributed by atoms with E-state index in [1.165, 1.54) is 10.9 Å². The van der Waals surface area contributed by atoms with E-state index in [0.717, 1.165) is 10.5 Å². The molecular weight excluding hydrogens is 353 g/mol. The summed E-state index contributed by atoms with van der Waals surface area (Å²) >= 11 is 0. The molecule has 2 atom stereocenters. The molecule has 0 radical (unpaired) electrons. The number of aryl methyl sites for hydroxylation is 1. The monoisotopic (exact) mass is 368 g/mol. The van der Waals surface area contributed by atoms with Crippen LogP contribution in [-0.2, 0) is 4.79 Å². The quantitative estimate of drug-likeness (QED) is 0.894. The summed E-state index contributed by atoms with van der Waals surface area (Å²) in [6.45, 7) is 0.676. The number of likely N-dealkylation sites (tertiary alicyclic amines) is 1. The van der Waals surface area contributed by atoms with Crippen LogP contribution < -0.4 is 0 Å². The van der Waals surface area contributed by atoms with Crippen LogP contribution in [0, 0.1) is 18.8 Å². The minimum absolute atomic E-state index is 0.141. The molecule has 2 aromatic rings. The number of aliphatic carboxylic acids is 1. The predicted molar refractivity (Wildman–Crippen MR) is 82.7 cm³/mol. The van der Waals surface area contributed by atoms with Gasteiger partial charge in [0, 0.05) is 13.1 Å². The molecule has 1 amide bonds. The summed E-state index contributed by atoms with van der Waals surface area (Å²) in [5, 5.41) is 16.5. The number of halogens is 3. The van der Waals surface area contributed by atoms with Crippen molar-refractivity contribution in [2.45, 2.75) is 13.1 Å². The molecule has 0 spiro atoms. The molecule has 1 aliphatic rings. The number of nitrogens with zero attached hydrogens (tertiary/aromatic N) is 4. The van der Waals surface area contributed by atoms with E-state index in [1.54, 1.807) is 12.1 Å². The Kier molecular flexibility index (Phi) is 4.43. The van der Waals surface area contributed by atoms with Gasteiger partial charge in [0.2, 0.25) is 0 Å². The van der Waals surface area contributed by atoms with Gasteiger partial charge in [-0.15, -0.1) is 5.10 Å². The van der Waals surface area contributed by atoms with Gasteiger partial charge in [-0.3, -0.25) is 9.59 Å². The second-order valence-electron chi connectivity index (χ2n) is 6.19. The van der Waals surface area contributed by atoms with E-state index in [0.29, 0.717) is 5.69 Å². The highest BCUT2D eigenvalue weighted by atomic mass is 19.4. The van der Waals surface area contributed by atoms with Crippen LogP contribution in [0.4, 0.5) is 13.2 Å². The molecule has 138 valence electrons. The summed E-state index contributed by atoms with van der Waals surface area (Å²) in [6.07, 6.45) is -3.39. The Morgan fingerprint density at radius 2 is 1.85 bits per heavy atom. The zero-order chi connectivity index (χ0) is 19.1. The van der Waals surface area contributed by atoms with E-state index < -0.39 is 43.0 Å². The Balaban J connectivity index is 1.80. The lowest BCUT2D eigenvalue weighted by molar-refractivity contribution is -0.187. The fourth-order valence-corrected chi connectivity index (χ4v) is 2.90. The number of alkyl halides is 3. The molecule has 2 heterocycles. The highest BCUT2D eigenvalue weighted by Crippen LogP contribution is 2.38. The molecule has 26 heavy (non-hydrogen) atoms. The van der Waals surface area contributed by atoms with Crippen LogP contribution in [0.1, 0.15) is 16.1 Å². The molecule has 1 aliphatic heterocycles. The van der Waals surface area contributed by atoms with Gasteiger partial charge in [-0.1, -0.05) is 22.9 Å². The standard InChI is InChI=1S/C16H15F3N4O3/c1-9-2-4-10(5-3-9)23-8-13(20-21-23)14(24)22-6-11(15(25)26)12(7-22)16(17,18)19/h2-5,8,11-12H,6-7H2,1H3,(H,25,26)/t11-,12-/m1/s1. The van der Waals surface area contributed by atoms with Gasteiger partial charge in [-0.2, -0.15) is 13.2 Å². The third-order valence-electron chi connectivity index (χ3n) is 4.36. The minimum atomic E-state index is -4.70. The average molecular weight is 368 g/mol. The molecule has 1 aromatic heterocycles. The van der Waals surface area contributed by atoms with Gasteiger partial charge >= 0.3 is 12.1 Å². The number of carbonyl (C=O) groups is 2. The fourth-order valence-electron chi connectivity index (χ4n) is 2.90. The van der Waals surface area contributed by atoms with E-state index in [2.05, 4.69) is 10.3 Å². The summed E-state index contributed by atoms with van der Waals surface area (Å²) in [5.41, 5.74) is 1.53. The Morgan fingerprint density at radius 1 is 1.19 bits per heavy atom. The summed E-state index contributed by atoms with van der Waals surface area (Å²) in [7, 11) is 0. The van der Waals surface area contributed by atoms with Crippen molar-refractivity contribution in [3.8, 4) is 5.69 Å². The molecule has 0 aliphatic carbocycles. The topological polar surface area (TPSA) is 88.3 Å². The van der Waals surface area contributed by atoms with Crippen molar-refractivity contribution in [3.05, 3.63) is 41.7 Å². The number of hydrogen-bond donors (Lipinski definition) is 1. The maximum Gasteiger partial charge on any atom is 0.394 e. The number of benzene rings is 1. The van der Waals surface area contributed by atoms with Crippen molar-refractivity contribution in [1.82, 2.24) is 19.9 Å². The number of aromatic nitrogens is 3. The Hall–Kier alpha value is -2.91.